The fourth-order valence-electron chi connectivity index (χ4n) is 7.20. The number of unbranched alkanes of at least 4 members (excludes halogenated alkanes) is 2. The number of carbonyl (C=O) groups is 5. The summed E-state index contributed by atoms with van der Waals surface area (Å²) in [6.07, 6.45) is 5.30. The summed E-state index contributed by atoms with van der Waals surface area (Å²) in [5.74, 6) is -1.41. The Hall–Kier alpha value is -4.29. The first kappa shape index (κ1) is 40.5. The maximum Gasteiger partial charge on any atom is 0.245 e. The molecular formula is C40H59N7O5. The minimum atomic E-state index is -0.987. The molecule has 2 aliphatic heterocycles. The lowest BCUT2D eigenvalue weighted by Gasteiger charge is -2.54. The summed E-state index contributed by atoms with van der Waals surface area (Å²) in [5.41, 5.74) is 13.8. The van der Waals surface area contributed by atoms with Crippen LogP contribution in [-0.4, -0.2) is 96.2 Å². The third-order valence-electron chi connectivity index (χ3n) is 10.3. The second-order valence-corrected chi connectivity index (χ2v) is 15.1. The fourth-order valence-corrected chi connectivity index (χ4v) is 7.20. The number of benzene rings is 2. The summed E-state index contributed by atoms with van der Waals surface area (Å²) >= 11 is 0. The van der Waals surface area contributed by atoms with Crippen molar-refractivity contribution in [3.63, 3.8) is 0 Å². The van der Waals surface area contributed by atoms with Crippen LogP contribution in [0.1, 0.15) is 76.8 Å². The molecule has 1 spiro atoms. The van der Waals surface area contributed by atoms with E-state index < -0.39 is 41.9 Å². The van der Waals surface area contributed by atoms with E-state index in [0.717, 1.165) is 56.3 Å². The molecule has 0 unspecified atom stereocenters. The normalized spacial score (nSPS) is 17.4. The van der Waals surface area contributed by atoms with Crippen molar-refractivity contribution < 1.29 is 24.0 Å². The molecule has 284 valence electrons. The van der Waals surface area contributed by atoms with E-state index in [1.807, 2.05) is 84.3 Å². The molecule has 0 radical (unpaired) electrons. The predicted molar refractivity (Wildman–Crippen MR) is 202 cm³/mol. The number of amides is 5. The maximum absolute atomic E-state index is 14.0. The number of nitrogens with one attached hydrogen (secondary N) is 3. The average molecular weight is 718 g/mol. The molecule has 0 aromatic heterocycles. The summed E-state index contributed by atoms with van der Waals surface area (Å²) in [4.78, 5) is 70.7. The zero-order chi connectivity index (χ0) is 37.7. The van der Waals surface area contributed by atoms with Gasteiger partial charge in [-0.2, -0.15) is 0 Å². The topological polar surface area (TPSA) is 180 Å². The maximum atomic E-state index is 14.0. The van der Waals surface area contributed by atoms with Crippen molar-refractivity contribution in [2.24, 2.45) is 22.8 Å². The number of hydrogen-bond acceptors (Lipinski definition) is 7. The smallest absolute Gasteiger partial charge is 0.245 e. The predicted octanol–water partition coefficient (Wildman–Crippen LogP) is 2.29. The van der Waals surface area contributed by atoms with Crippen LogP contribution in [0, 0.1) is 11.3 Å². The highest BCUT2D eigenvalue weighted by atomic mass is 16.2. The third-order valence-corrected chi connectivity index (χ3v) is 10.3. The summed E-state index contributed by atoms with van der Waals surface area (Å²) in [6, 6.07) is 15.2. The molecule has 5 amide bonds. The second-order valence-electron chi connectivity index (χ2n) is 15.1. The highest BCUT2D eigenvalue weighted by Crippen LogP contribution is 2.40. The van der Waals surface area contributed by atoms with Crippen LogP contribution in [0.4, 0.5) is 0 Å². The van der Waals surface area contributed by atoms with Gasteiger partial charge in [-0.15, -0.1) is 0 Å². The van der Waals surface area contributed by atoms with E-state index in [1.165, 1.54) is 0 Å². The molecule has 52 heavy (non-hydrogen) atoms. The van der Waals surface area contributed by atoms with Gasteiger partial charge in [0.2, 0.25) is 29.5 Å². The van der Waals surface area contributed by atoms with Gasteiger partial charge in [-0.05, 0) is 62.1 Å². The minimum Gasteiger partial charge on any atom is -0.343 e. The summed E-state index contributed by atoms with van der Waals surface area (Å²) in [7, 11) is 0. The lowest BCUT2D eigenvalue weighted by Crippen LogP contribution is -2.63. The summed E-state index contributed by atoms with van der Waals surface area (Å²) in [6.45, 7) is 8.65. The molecule has 2 fully saturated rings. The molecule has 2 aromatic rings. The number of piperidine rings is 1. The van der Waals surface area contributed by atoms with Gasteiger partial charge >= 0.3 is 0 Å². The van der Waals surface area contributed by atoms with E-state index in [9.17, 15) is 24.0 Å². The van der Waals surface area contributed by atoms with Gasteiger partial charge in [0.1, 0.15) is 18.1 Å². The largest absolute Gasteiger partial charge is 0.343 e. The van der Waals surface area contributed by atoms with Crippen molar-refractivity contribution in [2.75, 3.05) is 32.7 Å². The molecule has 0 bridgehead atoms. The van der Waals surface area contributed by atoms with Gasteiger partial charge < -0.3 is 37.2 Å². The van der Waals surface area contributed by atoms with Crippen LogP contribution in [0.15, 0.2) is 60.7 Å². The zero-order valence-electron chi connectivity index (χ0n) is 31.2. The molecule has 12 nitrogen and oxygen atoms in total. The summed E-state index contributed by atoms with van der Waals surface area (Å²) in [5, 5.41) is 8.78. The molecule has 2 aliphatic rings. The summed E-state index contributed by atoms with van der Waals surface area (Å²) < 4.78 is 0. The standard InChI is InChI=1S/C40H59N7O5/c1-28(2)23-34(45-38(51)35(25-31-15-9-5-10-16-31)44-36(49)32(42)24-30-13-7-4-8-14-30)37(50)43-33(17-11-6-12-20-41)39(52)46-21-18-40(19-22-46)26-47(27-40)29(3)48/h4-5,7-10,13-16,28,32-35H,6,11-12,17-27,41-42H2,1-3H3,(H,43,50)(H,44,49)(H,45,51)/t32-,33-,34-,35-/m1/s1. The number of likely N-dealkylation sites (tertiary alicyclic amines) is 2. The molecule has 0 saturated carbocycles. The Balaban J connectivity index is 1.45. The first-order chi connectivity index (χ1) is 24.9. The van der Waals surface area contributed by atoms with Gasteiger partial charge in [-0.3, -0.25) is 24.0 Å². The number of hydrogen-bond donors (Lipinski definition) is 5. The van der Waals surface area contributed by atoms with Crippen LogP contribution in [0.2, 0.25) is 0 Å². The van der Waals surface area contributed by atoms with Gasteiger partial charge in [-0.25, -0.2) is 0 Å². The zero-order valence-corrected chi connectivity index (χ0v) is 31.2. The highest BCUT2D eigenvalue weighted by molar-refractivity contribution is 5.95. The van der Waals surface area contributed by atoms with E-state index in [4.69, 9.17) is 11.5 Å². The van der Waals surface area contributed by atoms with E-state index in [-0.39, 0.29) is 29.6 Å². The molecule has 12 heteroatoms. The van der Waals surface area contributed by atoms with Crippen LogP contribution in [0.5, 0.6) is 0 Å². The van der Waals surface area contributed by atoms with Crippen molar-refractivity contribution in [3.05, 3.63) is 71.8 Å². The van der Waals surface area contributed by atoms with Gasteiger partial charge in [0.25, 0.3) is 0 Å². The van der Waals surface area contributed by atoms with Crippen LogP contribution in [-0.2, 0) is 36.8 Å². The van der Waals surface area contributed by atoms with E-state index >= 15 is 0 Å². The van der Waals surface area contributed by atoms with E-state index in [2.05, 4.69) is 16.0 Å². The molecule has 2 heterocycles. The SMILES string of the molecule is CC(=O)N1CC2(CCN(C(=O)[C@@H](CCCCCN)NC(=O)[C@@H](CC(C)C)NC(=O)[C@@H](Cc3ccccc3)NC(=O)[C@H](N)Cc3ccccc3)CC2)C1. The Morgan fingerprint density at radius 2 is 1.25 bits per heavy atom. The lowest BCUT2D eigenvalue weighted by molar-refractivity contribution is -0.149. The first-order valence-corrected chi connectivity index (χ1v) is 18.9. The number of nitrogens with zero attached hydrogens (tertiary/aromatic N) is 2. The highest BCUT2D eigenvalue weighted by Gasteiger charge is 2.47. The fraction of sp³-hybridized carbons (Fsp3) is 0.575. The third kappa shape index (κ3) is 11.9. The van der Waals surface area contributed by atoms with Crippen molar-refractivity contribution in [2.45, 2.75) is 103 Å². The Morgan fingerprint density at radius 3 is 1.81 bits per heavy atom. The monoisotopic (exact) mass is 717 g/mol. The van der Waals surface area contributed by atoms with Crippen LogP contribution in [0.3, 0.4) is 0 Å². The average Bonchev–Trinajstić information content (AvgIpc) is 3.11. The Kier molecular flexibility index (Phi) is 15.2. The molecule has 0 aliphatic carbocycles. The van der Waals surface area contributed by atoms with E-state index in [0.29, 0.717) is 38.9 Å². The molecule has 7 N–H and O–H groups in total. The quantitative estimate of drug-likeness (QED) is 0.147. The molecular weight excluding hydrogens is 658 g/mol. The Morgan fingerprint density at radius 1 is 0.712 bits per heavy atom. The van der Waals surface area contributed by atoms with Gasteiger partial charge in [0, 0.05) is 44.9 Å². The second kappa shape index (κ2) is 19.5. The molecule has 4 rings (SSSR count). The molecule has 2 saturated heterocycles. The minimum absolute atomic E-state index is 0.0477. The van der Waals surface area contributed by atoms with E-state index in [1.54, 1.807) is 6.92 Å². The van der Waals surface area contributed by atoms with Crippen molar-refractivity contribution in [1.29, 1.82) is 0 Å². The van der Waals surface area contributed by atoms with Crippen LogP contribution < -0.4 is 27.4 Å². The number of carbonyl (C=O) groups excluding carboxylic acids is 5. The van der Waals surface area contributed by atoms with Gasteiger partial charge in [0.05, 0.1) is 6.04 Å². The van der Waals surface area contributed by atoms with Gasteiger partial charge in [-0.1, -0.05) is 87.4 Å². The Bertz CT molecular complexity index is 1470. The Labute approximate surface area is 308 Å². The molecule has 2 aromatic carbocycles. The lowest BCUT2D eigenvalue weighted by atomic mass is 9.72. The van der Waals surface area contributed by atoms with Crippen LogP contribution >= 0.6 is 0 Å². The van der Waals surface area contributed by atoms with Crippen molar-refractivity contribution in [1.82, 2.24) is 25.8 Å². The molecule has 4 atom stereocenters. The number of rotatable bonds is 18. The van der Waals surface area contributed by atoms with Gasteiger partial charge in [0.15, 0.2) is 0 Å². The number of nitrogens with two attached hydrogens (primary N) is 2. The van der Waals surface area contributed by atoms with Crippen LogP contribution in [0.25, 0.3) is 0 Å². The first-order valence-electron chi connectivity index (χ1n) is 18.9. The van der Waals surface area contributed by atoms with Crippen molar-refractivity contribution >= 4 is 29.5 Å². The van der Waals surface area contributed by atoms with Crippen molar-refractivity contribution in [3.8, 4) is 0 Å².